The molecule has 7 nitrogen and oxygen atoms in total. The molecule has 6 atom stereocenters. The lowest BCUT2D eigenvalue weighted by atomic mass is 9.70. The molecule has 250 valence electrons. The third kappa shape index (κ3) is 5.99. The van der Waals surface area contributed by atoms with Crippen LogP contribution in [0.1, 0.15) is 29.5 Å². The number of aryl methyl sites for hydroxylation is 1. The second kappa shape index (κ2) is 14.3. The summed E-state index contributed by atoms with van der Waals surface area (Å²) in [5.41, 5.74) is 3.33. The van der Waals surface area contributed by atoms with Crippen molar-refractivity contribution in [2.24, 2.45) is 11.8 Å². The fraction of sp³-hybridized carbons (Fsp3) is 0.359. The summed E-state index contributed by atoms with van der Waals surface area (Å²) < 4.78 is -0.843. The highest BCUT2D eigenvalue weighted by molar-refractivity contribution is 8.02. The van der Waals surface area contributed by atoms with Gasteiger partial charge >= 0.3 is 0 Å². The van der Waals surface area contributed by atoms with Crippen molar-refractivity contribution in [3.63, 3.8) is 0 Å². The Hall–Kier alpha value is -3.85. The van der Waals surface area contributed by atoms with E-state index in [1.807, 2.05) is 79.7 Å². The van der Waals surface area contributed by atoms with Crippen LogP contribution in [0.4, 0.5) is 5.69 Å². The minimum absolute atomic E-state index is 0.0993. The van der Waals surface area contributed by atoms with Crippen LogP contribution in [0.15, 0.2) is 104 Å². The first kappa shape index (κ1) is 34.0. The third-order valence-corrected chi connectivity index (χ3v) is 12.3. The van der Waals surface area contributed by atoms with Crippen LogP contribution < -0.4 is 4.90 Å². The normalized spacial score (nSPS) is 24.6. The first-order chi connectivity index (χ1) is 23.2. The van der Waals surface area contributed by atoms with E-state index in [1.54, 1.807) is 44.7 Å². The van der Waals surface area contributed by atoms with E-state index in [1.165, 1.54) is 0 Å². The van der Waals surface area contributed by atoms with E-state index in [9.17, 15) is 14.7 Å². The van der Waals surface area contributed by atoms with Gasteiger partial charge in [-0.2, -0.15) is 0 Å². The van der Waals surface area contributed by atoms with E-state index in [0.29, 0.717) is 43.1 Å². The van der Waals surface area contributed by atoms with Gasteiger partial charge in [-0.1, -0.05) is 96.5 Å². The molecular weight excluding hydrogens is 642 g/mol. The van der Waals surface area contributed by atoms with Crippen LogP contribution in [0.5, 0.6) is 0 Å². The number of para-hydroxylation sites is 1. The molecule has 2 unspecified atom stereocenters. The number of rotatable bonds is 13. The predicted molar refractivity (Wildman–Crippen MR) is 193 cm³/mol. The molecule has 1 spiro atoms. The average Bonchev–Trinajstić information content (AvgIpc) is 3.74. The number of halogens is 1. The van der Waals surface area contributed by atoms with Gasteiger partial charge in [0.15, 0.2) is 0 Å². The number of aliphatic hydroxyl groups excluding tert-OH is 1. The van der Waals surface area contributed by atoms with Crippen molar-refractivity contribution in [3.8, 4) is 0 Å². The topological polar surface area (TPSA) is 81.2 Å². The molecule has 0 radical (unpaired) electrons. The molecule has 2 bridgehead atoms. The number of likely N-dealkylation sites (tertiary alicyclic amines) is 1. The van der Waals surface area contributed by atoms with Crippen molar-refractivity contribution in [2.75, 3.05) is 24.6 Å². The summed E-state index contributed by atoms with van der Waals surface area (Å²) in [6.45, 7) is 10.3. The Morgan fingerprint density at radius 3 is 2.29 bits per heavy atom. The minimum atomic E-state index is -0.915. The van der Waals surface area contributed by atoms with Crippen molar-refractivity contribution >= 4 is 46.8 Å². The van der Waals surface area contributed by atoms with E-state index in [-0.39, 0.29) is 36.1 Å². The molecule has 0 aliphatic carbocycles. The van der Waals surface area contributed by atoms with Crippen molar-refractivity contribution in [1.29, 1.82) is 0 Å². The zero-order valence-corrected chi connectivity index (χ0v) is 28.8. The molecule has 3 saturated heterocycles. The number of amides is 3. The minimum Gasteiger partial charge on any atom is -0.394 e. The lowest BCUT2D eigenvalue weighted by Crippen LogP contribution is -2.58. The average molecular weight is 684 g/mol. The molecule has 3 fully saturated rings. The number of carbonyl (C=O) groups is 3. The van der Waals surface area contributed by atoms with E-state index >= 15 is 4.79 Å². The maximum absolute atomic E-state index is 15.2. The van der Waals surface area contributed by atoms with Crippen LogP contribution in [-0.4, -0.2) is 74.4 Å². The number of hydrogen-bond donors (Lipinski definition) is 1. The lowest BCUT2D eigenvalue weighted by molar-refractivity contribution is -0.145. The van der Waals surface area contributed by atoms with Gasteiger partial charge < -0.3 is 19.8 Å². The lowest BCUT2D eigenvalue weighted by Gasteiger charge is -2.40. The SMILES string of the molecule is C=CCN(Cc1ccccc1)C(=O)[C@@H]1[C@H]2C(=O)N([C@@H](CO)Cc3ccccc3)C(C(=O)N(CC=C)c3c(C)cccc3Cl)C23CC[C@H]1S3. The second-order valence-electron chi connectivity index (χ2n) is 13.0. The molecule has 1 N–H and O–H groups in total. The van der Waals surface area contributed by atoms with Crippen molar-refractivity contribution in [2.45, 2.75) is 54.8 Å². The first-order valence-corrected chi connectivity index (χ1v) is 17.8. The molecule has 0 aromatic heterocycles. The molecular formula is C39H42ClN3O4S. The maximum Gasteiger partial charge on any atom is 0.251 e. The van der Waals surface area contributed by atoms with Crippen molar-refractivity contribution in [1.82, 2.24) is 9.80 Å². The Morgan fingerprint density at radius 1 is 1.00 bits per heavy atom. The van der Waals surface area contributed by atoms with Gasteiger partial charge in [-0.05, 0) is 48.9 Å². The van der Waals surface area contributed by atoms with Crippen LogP contribution in [0.3, 0.4) is 0 Å². The highest BCUT2D eigenvalue weighted by Crippen LogP contribution is 2.67. The van der Waals surface area contributed by atoms with Gasteiger partial charge in [0.1, 0.15) is 6.04 Å². The highest BCUT2D eigenvalue weighted by atomic mass is 35.5. The molecule has 3 aromatic carbocycles. The predicted octanol–water partition coefficient (Wildman–Crippen LogP) is 6.08. The molecule has 9 heteroatoms. The molecule has 0 saturated carbocycles. The Labute approximate surface area is 292 Å². The summed E-state index contributed by atoms with van der Waals surface area (Å²) in [4.78, 5) is 49.8. The second-order valence-corrected chi connectivity index (χ2v) is 15.0. The van der Waals surface area contributed by atoms with Crippen molar-refractivity contribution in [3.05, 3.63) is 126 Å². The van der Waals surface area contributed by atoms with Crippen molar-refractivity contribution < 1.29 is 19.5 Å². The summed E-state index contributed by atoms with van der Waals surface area (Å²) in [6.07, 6.45) is 5.07. The van der Waals surface area contributed by atoms with E-state index in [0.717, 1.165) is 16.7 Å². The number of carbonyl (C=O) groups excluding carboxylic acids is 3. The molecule has 3 heterocycles. The van der Waals surface area contributed by atoms with Gasteiger partial charge in [0, 0.05) is 24.9 Å². The fourth-order valence-electron chi connectivity index (χ4n) is 8.12. The van der Waals surface area contributed by atoms with E-state index in [2.05, 4.69) is 13.2 Å². The van der Waals surface area contributed by atoms with Gasteiger partial charge in [0.2, 0.25) is 11.8 Å². The Balaban J connectivity index is 1.44. The number of hydrogen-bond acceptors (Lipinski definition) is 5. The Bertz CT molecular complexity index is 1670. The van der Waals surface area contributed by atoms with Crippen LogP contribution >= 0.6 is 23.4 Å². The van der Waals surface area contributed by atoms with E-state index in [4.69, 9.17) is 11.6 Å². The largest absolute Gasteiger partial charge is 0.394 e. The Kier molecular flexibility index (Phi) is 10.2. The monoisotopic (exact) mass is 683 g/mol. The molecule has 48 heavy (non-hydrogen) atoms. The zero-order chi connectivity index (χ0) is 34.0. The summed E-state index contributed by atoms with van der Waals surface area (Å²) in [7, 11) is 0. The number of anilines is 1. The molecule has 3 aromatic rings. The van der Waals surface area contributed by atoms with Crippen LogP contribution in [0, 0.1) is 18.8 Å². The van der Waals surface area contributed by atoms with Crippen LogP contribution in [0.25, 0.3) is 0 Å². The summed E-state index contributed by atoms with van der Waals surface area (Å²) in [6, 6.07) is 23.4. The first-order valence-electron chi connectivity index (χ1n) is 16.5. The van der Waals surface area contributed by atoms with Crippen LogP contribution in [0.2, 0.25) is 5.02 Å². The van der Waals surface area contributed by atoms with Gasteiger partial charge in [-0.3, -0.25) is 14.4 Å². The number of fused-ring (bicyclic) bond motifs is 1. The third-order valence-electron chi connectivity index (χ3n) is 10.1. The molecule has 6 rings (SSSR count). The number of aliphatic hydroxyl groups is 1. The van der Waals surface area contributed by atoms with E-state index < -0.39 is 28.7 Å². The molecule has 3 aliphatic heterocycles. The van der Waals surface area contributed by atoms with Gasteiger partial charge in [-0.25, -0.2) is 0 Å². The van der Waals surface area contributed by atoms with Gasteiger partial charge in [0.25, 0.3) is 5.91 Å². The highest BCUT2D eigenvalue weighted by Gasteiger charge is 2.74. The summed E-state index contributed by atoms with van der Waals surface area (Å²) in [5, 5.41) is 11.2. The molecule has 3 amide bonds. The maximum atomic E-state index is 15.2. The zero-order valence-electron chi connectivity index (χ0n) is 27.2. The van der Waals surface area contributed by atoms with Gasteiger partial charge in [0.05, 0.1) is 39.9 Å². The summed E-state index contributed by atoms with van der Waals surface area (Å²) >= 11 is 8.37. The van der Waals surface area contributed by atoms with Gasteiger partial charge in [-0.15, -0.1) is 24.9 Å². The van der Waals surface area contributed by atoms with Crippen LogP contribution in [-0.2, 0) is 27.3 Å². The number of benzene rings is 3. The summed E-state index contributed by atoms with van der Waals surface area (Å²) in [5.74, 6) is -1.94. The Morgan fingerprint density at radius 2 is 1.67 bits per heavy atom. The quantitative estimate of drug-likeness (QED) is 0.221. The molecule has 3 aliphatic rings. The number of nitrogens with zero attached hydrogens (tertiary/aromatic N) is 3. The number of thioether (sulfide) groups is 1. The fourth-order valence-corrected chi connectivity index (χ4v) is 10.6. The smallest absolute Gasteiger partial charge is 0.251 e. The standard InChI is InChI=1S/C39H42ClN3O4S/c1-4-21-41(24-28-16-10-7-11-17-28)36(45)32-31-19-20-39(48-31)33(32)37(46)43(29(25-44)23-27-14-8-6-9-15-27)35(39)38(47)42(22-5-2)34-26(3)13-12-18-30(34)40/h4-18,29,31-33,35,44H,1-2,19-25H2,3H3/t29-,31-,32+,33+,35?,39?/m1/s1.